The molecule has 14 heavy (non-hydrogen) atoms. The molecule has 3 heteroatoms. The average Bonchev–Trinajstić information content (AvgIpc) is 2.71. The Morgan fingerprint density at radius 1 is 1.21 bits per heavy atom. The summed E-state index contributed by atoms with van der Waals surface area (Å²) in [5.41, 5.74) is 0. The first-order chi connectivity index (χ1) is 6.86. The van der Waals surface area contributed by atoms with Crippen LogP contribution in [0.3, 0.4) is 0 Å². The van der Waals surface area contributed by atoms with Crippen LogP contribution in [0.5, 0.6) is 0 Å². The lowest BCUT2D eigenvalue weighted by molar-refractivity contribution is -0.151. The lowest BCUT2D eigenvalue weighted by Crippen LogP contribution is -2.70. The van der Waals surface area contributed by atoms with Crippen molar-refractivity contribution in [3.63, 3.8) is 0 Å². The Bertz CT molecular complexity index is 265. The topological polar surface area (TPSA) is 32.3 Å². The van der Waals surface area contributed by atoms with Gasteiger partial charge in [0.2, 0.25) is 5.91 Å². The number of nitrogens with one attached hydrogen (secondary N) is 1. The molecule has 2 atom stereocenters. The first-order valence-electron chi connectivity index (χ1n) is 5.54. The summed E-state index contributed by atoms with van der Waals surface area (Å²) in [6, 6.07) is 1.00. The molecule has 3 nitrogen and oxygen atoms in total. The molecule has 76 valence electrons. The molecule has 0 spiro atoms. The van der Waals surface area contributed by atoms with E-state index in [2.05, 4.69) is 22.4 Å². The number of piperazine rings is 1. The Labute approximate surface area is 84.2 Å². The molecule has 0 saturated carbocycles. The molecule has 3 aliphatic rings. The Hall–Kier alpha value is -0.830. The van der Waals surface area contributed by atoms with E-state index in [9.17, 15) is 4.79 Å². The predicted molar refractivity (Wildman–Crippen MR) is 53.8 cm³/mol. The van der Waals surface area contributed by atoms with Crippen LogP contribution >= 0.6 is 0 Å². The highest BCUT2D eigenvalue weighted by Gasteiger charge is 2.45. The van der Waals surface area contributed by atoms with E-state index >= 15 is 0 Å². The van der Waals surface area contributed by atoms with Crippen molar-refractivity contribution in [2.45, 2.75) is 31.3 Å². The second-order valence-electron chi connectivity index (χ2n) is 4.59. The van der Waals surface area contributed by atoms with Gasteiger partial charge in [-0.25, -0.2) is 0 Å². The van der Waals surface area contributed by atoms with Gasteiger partial charge in [-0.3, -0.25) is 4.79 Å². The van der Waals surface area contributed by atoms with Crippen LogP contribution in [0, 0.1) is 5.92 Å². The molecule has 1 N–H and O–H groups in total. The normalized spacial score (nSPS) is 35.9. The zero-order chi connectivity index (χ0) is 9.54. The molecule has 1 amide bonds. The van der Waals surface area contributed by atoms with Gasteiger partial charge in [-0.05, 0) is 19.3 Å². The van der Waals surface area contributed by atoms with E-state index < -0.39 is 0 Å². The minimum atomic E-state index is 0.262. The maximum absolute atomic E-state index is 12.1. The number of nitrogens with zero attached hydrogens (tertiary/aromatic N) is 1. The molecule has 0 radical (unpaired) electrons. The summed E-state index contributed by atoms with van der Waals surface area (Å²) in [4.78, 5) is 14.2. The van der Waals surface area contributed by atoms with Crippen molar-refractivity contribution in [3.8, 4) is 0 Å². The van der Waals surface area contributed by atoms with E-state index in [4.69, 9.17) is 0 Å². The van der Waals surface area contributed by atoms with Gasteiger partial charge in [0.05, 0.1) is 0 Å². The number of allylic oxidation sites excluding steroid dienone is 2. The third-order valence-electron chi connectivity index (χ3n) is 3.70. The van der Waals surface area contributed by atoms with Gasteiger partial charge in [-0.1, -0.05) is 12.2 Å². The van der Waals surface area contributed by atoms with Crippen molar-refractivity contribution in [1.29, 1.82) is 0 Å². The fourth-order valence-electron chi connectivity index (χ4n) is 2.87. The monoisotopic (exact) mass is 192 g/mol. The van der Waals surface area contributed by atoms with Crippen LogP contribution in [0.25, 0.3) is 0 Å². The second kappa shape index (κ2) is 3.09. The van der Waals surface area contributed by atoms with Crippen molar-refractivity contribution in [2.75, 3.05) is 13.1 Å². The number of amides is 1. The molecule has 3 rings (SSSR count). The molecule has 1 aliphatic carbocycles. The van der Waals surface area contributed by atoms with Crippen molar-refractivity contribution in [3.05, 3.63) is 12.2 Å². The number of carbonyl (C=O) groups is 1. The van der Waals surface area contributed by atoms with Crippen LogP contribution in [0.4, 0.5) is 0 Å². The molecular weight excluding hydrogens is 176 g/mol. The summed E-state index contributed by atoms with van der Waals surface area (Å²) in [7, 11) is 0. The summed E-state index contributed by atoms with van der Waals surface area (Å²) in [6.07, 6.45) is 7.41. The van der Waals surface area contributed by atoms with Crippen LogP contribution in [0.15, 0.2) is 12.2 Å². The molecule has 2 saturated heterocycles. The van der Waals surface area contributed by atoms with E-state index in [-0.39, 0.29) is 5.92 Å². The standard InChI is InChI=1S/C11H16N2O/c14-11(8-3-1-2-4-8)13-9-5-10(13)7-12-6-9/h1-2,8-10,12H,3-7H2. The number of carbonyl (C=O) groups excluding carboxylic acids is 1. The van der Waals surface area contributed by atoms with E-state index in [1.807, 2.05) is 0 Å². The second-order valence-corrected chi connectivity index (χ2v) is 4.59. The highest BCUT2D eigenvalue weighted by atomic mass is 16.2. The Morgan fingerprint density at radius 3 is 2.43 bits per heavy atom. The van der Waals surface area contributed by atoms with Gasteiger partial charge in [-0.15, -0.1) is 0 Å². The van der Waals surface area contributed by atoms with Crippen LogP contribution in [-0.2, 0) is 4.79 Å². The minimum Gasteiger partial charge on any atom is -0.334 e. The fourth-order valence-corrected chi connectivity index (χ4v) is 2.87. The molecule has 0 aromatic rings. The molecule has 0 aromatic heterocycles. The first kappa shape index (κ1) is 8.48. The first-order valence-corrected chi connectivity index (χ1v) is 5.54. The van der Waals surface area contributed by atoms with Crippen LogP contribution in [-0.4, -0.2) is 36.0 Å². The summed E-state index contributed by atoms with van der Waals surface area (Å²) in [6.45, 7) is 2.00. The quantitative estimate of drug-likeness (QED) is 0.614. The average molecular weight is 192 g/mol. The highest BCUT2D eigenvalue weighted by Crippen LogP contribution is 2.32. The molecule has 2 fully saturated rings. The van der Waals surface area contributed by atoms with Crippen molar-refractivity contribution >= 4 is 5.91 Å². The van der Waals surface area contributed by atoms with Crippen LogP contribution in [0.1, 0.15) is 19.3 Å². The maximum atomic E-state index is 12.1. The third-order valence-corrected chi connectivity index (χ3v) is 3.70. The number of rotatable bonds is 1. The van der Waals surface area contributed by atoms with Gasteiger partial charge in [0, 0.05) is 31.1 Å². The molecular formula is C11H16N2O. The number of piperidine rings is 1. The zero-order valence-corrected chi connectivity index (χ0v) is 8.28. The van der Waals surface area contributed by atoms with E-state index in [0.717, 1.165) is 25.9 Å². The van der Waals surface area contributed by atoms with Crippen LogP contribution in [0.2, 0.25) is 0 Å². The van der Waals surface area contributed by atoms with Gasteiger partial charge in [0.15, 0.2) is 0 Å². The molecule has 2 unspecified atom stereocenters. The number of hydrogen-bond donors (Lipinski definition) is 1. The summed E-state index contributed by atoms with van der Waals surface area (Å²) < 4.78 is 0. The summed E-state index contributed by atoms with van der Waals surface area (Å²) in [5.74, 6) is 0.663. The van der Waals surface area contributed by atoms with Crippen LogP contribution < -0.4 is 5.32 Å². The largest absolute Gasteiger partial charge is 0.334 e. The number of hydrogen-bond acceptors (Lipinski definition) is 2. The van der Waals surface area contributed by atoms with E-state index in [1.165, 1.54) is 6.42 Å². The number of fused-ring (bicyclic) bond motifs is 2. The summed E-state index contributed by atoms with van der Waals surface area (Å²) in [5, 5.41) is 3.35. The smallest absolute Gasteiger partial charge is 0.226 e. The molecule has 2 bridgehead atoms. The zero-order valence-electron chi connectivity index (χ0n) is 8.28. The minimum absolute atomic E-state index is 0.262. The van der Waals surface area contributed by atoms with E-state index in [0.29, 0.717) is 18.0 Å². The lowest BCUT2D eigenvalue weighted by Gasteiger charge is -2.53. The van der Waals surface area contributed by atoms with Crippen molar-refractivity contribution in [1.82, 2.24) is 10.2 Å². The molecule has 2 heterocycles. The van der Waals surface area contributed by atoms with Crippen molar-refractivity contribution in [2.24, 2.45) is 5.92 Å². The van der Waals surface area contributed by atoms with Gasteiger partial charge in [0.25, 0.3) is 0 Å². The van der Waals surface area contributed by atoms with E-state index in [1.54, 1.807) is 0 Å². The SMILES string of the molecule is O=C(C1CC=CC1)N1C2CNCC1C2. The Morgan fingerprint density at radius 2 is 1.86 bits per heavy atom. The summed E-state index contributed by atoms with van der Waals surface area (Å²) >= 11 is 0. The maximum Gasteiger partial charge on any atom is 0.226 e. The Balaban J connectivity index is 1.68. The van der Waals surface area contributed by atoms with Gasteiger partial charge < -0.3 is 10.2 Å². The van der Waals surface area contributed by atoms with Gasteiger partial charge in [-0.2, -0.15) is 0 Å². The molecule has 2 aliphatic heterocycles. The highest BCUT2D eigenvalue weighted by molar-refractivity contribution is 5.81. The molecule has 0 aromatic carbocycles. The lowest BCUT2D eigenvalue weighted by atomic mass is 9.86. The fraction of sp³-hybridized carbons (Fsp3) is 0.727. The third kappa shape index (κ3) is 1.12. The van der Waals surface area contributed by atoms with Gasteiger partial charge >= 0.3 is 0 Å². The van der Waals surface area contributed by atoms with Gasteiger partial charge in [0.1, 0.15) is 0 Å². The Kier molecular flexibility index (Phi) is 1.87. The predicted octanol–water partition coefficient (Wildman–Crippen LogP) is 0.525. The van der Waals surface area contributed by atoms with Crippen molar-refractivity contribution < 1.29 is 4.79 Å².